The van der Waals surface area contributed by atoms with Gasteiger partial charge in [0.25, 0.3) is 0 Å². The standard InChI is InChI=1S/C18H28O2/c1-3-5-7-13-16(10-4-2)20-18(17-14-19-17)15-11-8-6-9-12-15/h6,8-9,11-12,16-18H,3-5,7,10,13-14H2,1-2H3. The summed E-state index contributed by atoms with van der Waals surface area (Å²) in [6, 6.07) is 10.5. The van der Waals surface area contributed by atoms with Gasteiger partial charge >= 0.3 is 0 Å². The van der Waals surface area contributed by atoms with Crippen molar-refractivity contribution in [1.29, 1.82) is 0 Å². The Morgan fingerprint density at radius 1 is 1.10 bits per heavy atom. The first-order valence-corrected chi connectivity index (χ1v) is 8.17. The molecule has 1 aliphatic heterocycles. The molecule has 0 saturated carbocycles. The van der Waals surface area contributed by atoms with E-state index in [2.05, 4.69) is 44.2 Å². The maximum absolute atomic E-state index is 6.42. The van der Waals surface area contributed by atoms with Crippen LogP contribution in [0.15, 0.2) is 30.3 Å². The number of hydrogen-bond donors (Lipinski definition) is 0. The van der Waals surface area contributed by atoms with Crippen LogP contribution in [0.25, 0.3) is 0 Å². The minimum atomic E-state index is 0.120. The van der Waals surface area contributed by atoms with Crippen molar-refractivity contribution >= 4 is 0 Å². The number of unbranched alkanes of at least 4 members (excludes halogenated alkanes) is 2. The SMILES string of the molecule is CCCCCC(CCC)OC(c1ccccc1)C1CO1. The molecule has 2 rings (SSSR count). The molecule has 3 atom stereocenters. The average Bonchev–Trinajstić information content (AvgIpc) is 3.30. The highest BCUT2D eigenvalue weighted by Gasteiger charge is 2.36. The monoisotopic (exact) mass is 276 g/mol. The Balaban J connectivity index is 1.94. The second-order valence-corrected chi connectivity index (χ2v) is 5.75. The molecule has 0 aromatic heterocycles. The van der Waals surface area contributed by atoms with E-state index in [9.17, 15) is 0 Å². The normalized spacial score (nSPS) is 20.6. The third-order valence-electron chi connectivity index (χ3n) is 3.90. The first-order valence-electron chi connectivity index (χ1n) is 8.17. The summed E-state index contributed by atoms with van der Waals surface area (Å²) in [6.07, 6.45) is 8.13. The van der Waals surface area contributed by atoms with Gasteiger partial charge in [-0.1, -0.05) is 69.9 Å². The quantitative estimate of drug-likeness (QED) is 0.448. The van der Waals surface area contributed by atoms with Gasteiger partial charge in [0.2, 0.25) is 0 Å². The summed E-state index contributed by atoms with van der Waals surface area (Å²) in [5.41, 5.74) is 1.26. The molecule has 1 heterocycles. The molecule has 1 fully saturated rings. The molecule has 0 bridgehead atoms. The lowest BCUT2D eigenvalue weighted by molar-refractivity contribution is -0.0364. The molecule has 1 aromatic carbocycles. The Kier molecular flexibility index (Phi) is 6.55. The Morgan fingerprint density at radius 3 is 2.45 bits per heavy atom. The van der Waals surface area contributed by atoms with Crippen LogP contribution in [0.3, 0.4) is 0 Å². The number of benzene rings is 1. The number of epoxide rings is 1. The fourth-order valence-corrected chi connectivity index (χ4v) is 2.69. The van der Waals surface area contributed by atoms with E-state index < -0.39 is 0 Å². The van der Waals surface area contributed by atoms with Crippen molar-refractivity contribution in [2.45, 2.75) is 70.7 Å². The van der Waals surface area contributed by atoms with Gasteiger partial charge in [-0.2, -0.15) is 0 Å². The van der Waals surface area contributed by atoms with Gasteiger partial charge < -0.3 is 9.47 Å². The summed E-state index contributed by atoms with van der Waals surface area (Å²) < 4.78 is 11.9. The highest BCUT2D eigenvalue weighted by atomic mass is 16.6. The third-order valence-corrected chi connectivity index (χ3v) is 3.90. The molecule has 112 valence electrons. The van der Waals surface area contributed by atoms with Crippen LogP contribution in [0, 0.1) is 0 Å². The van der Waals surface area contributed by atoms with E-state index in [1.807, 2.05) is 0 Å². The fraction of sp³-hybridized carbons (Fsp3) is 0.667. The molecule has 1 aliphatic rings. The molecule has 0 N–H and O–H groups in total. The van der Waals surface area contributed by atoms with Crippen LogP contribution in [0.1, 0.15) is 64.0 Å². The van der Waals surface area contributed by atoms with Gasteiger partial charge in [0.1, 0.15) is 12.2 Å². The zero-order valence-corrected chi connectivity index (χ0v) is 12.9. The first-order chi connectivity index (χ1) is 9.85. The van der Waals surface area contributed by atoms with Gasteiger partial charge in [-0.15, -0.1) is 0 Å². The minimum Gasteiger partial charge on any atom is -0.370 e. The average molecular weight is 276 g/mol. The Morgan fingerprint density at radius 2 is 1.85 bits per heavy atom. The second kappa shape index (κ2) is 8.43. The molecule has 2 heteroatoms. The van der Waals surface area contributed by atoms with Crippen molar-refractivity contribution in [3.05, 3.63) is 35.9 Å². The number of ether oxygens (including phenoxy) is 2. The van der Waals surface area contributed by atoms with Gasteiger partial charge in [-0.3, -0.25) is 0 Å². The van der Waals surface area contributed by atoms with Gasteiger partial charge in [0, 0.05) is 0 Å². The topological polar surface area (TPSA) is 21.8 Å². The predicted octanol–water partition coefficient (Wildman–Crippen LogP) is 4.89. The van der Waals surface area contributed by atoms with Crippen molar-refractivity contribution < 1.29 is 9.47 Å². The molecule has 0 spiro atoms. The second-order valence-electron chi connectivity index (χ2n) is 5.75. The van der Waals surface area contributed by atoms with Crippen LogP contribution >= 0.6 is 0 Å². The minimum absolute atomic E-state index is 0.120. The summed E-state index contributed by atoms with van der Waals surface area (Å²) in [4.78, 5) is 0. The maximum Gasteiger partial charge on any atom is 0.111 e. The van der Waals surface area contributed by atoms with E-state index in [-0.39, 0.29) is 12.2 Å². The van der Waals surface area contributed by atoms with E-state index in [4.69, 9.17) is 9.47 Å². The Bertz CT molecular complexity index is 359. The van der Waals surface area contributed by atoms with E-state index in [1.165, 1.54) is 37.7 Å². The summed E-state index contributed by atoms with van der Waals surface area (Å²) in [5.74, 6) is 0. The van der Waals surface area contributed by atoms with Crippen LogP contribution in [0.5, 0.6) is 0 Å². The first kappa shape index (κ1) is 15.5. The molecular weight excluding hydrogens is 248 g/mol. The largest absolute Gasteiger partial charge is 0.370 e. The number of hydrogen-bond acceptors (Lipinski definition) is 2. The fourth-order valence-electron chi connectivity index (χ4n) is 2.69. The van der Waals surface area contributed by atoms with Gasteiger partial charge in [-0.25, -0.2) is 0 Å². The molecule has 1 aromatic rings. The van der Waals surface area contributed by atoms with Crippen molar-refractivity contribution in [2.75, 3.05) is 6.61 Å². The van der Waals surface area contributed by atoms with Crippen molar-refractivity contribution in [3.8, 4) is 0 Å². The zero-order valence-electron chi connectivity index (χ0n) is 12.9. The third kappa shape index (κ3) is 4.92. The van der Waals surface area contributed by atoms with E-state index in [0.717, 1.165) is 13.0 Å². The Labute approximate surface area is 123 Å². The van der Waals surface area contributed by atoms with Crippen molar-refractivity contribution in [3.63, 3.8) is 0 Å². The summed E-state index contributed by atoms with van der Waals surface area (Å²) in [6.45, 7) is 5.33. The smallest absolute Gasteiger partial charge is 0.111 e. The van der Waals surface area contributed by atoms with Crippen molar-refractivity contribution in [2.24, 2.45) is 0 Å². The Hall–Kier alpha value is -0.860. The van der Waals surface area contributed by atoms with Gasteiger partial charge in [-0.05, 0) is 18.4 Å². The lowest BCUT2D eigenvalue weighted by atomic mass is 10.0. The van der Waals surface area contributed by atoms with Gasteiger partial charge in [0.05, 0.1) is 12.7 Å². The molecule has 0 amide bonds. The highest BCUT2D eigenvalue weighted by Crippen LogP contribution is 2.33. The molecule has 0 aliphatic carbocycles. The summed E-state index contributed by atoms with van der Waals surface area (Å²) in [5, 5.41) is 0. The number of rotatable bonds is 10. The van der Waals surface area contributed by atoms with Crippen LogP contribution in [-0.2, 0) is 9.47 Å². The zero-order chi connectivity index (χ0) is 14.2. The van der Waals surface area contributed by atoms with E-state index in [0.29, 0.717) is 6.10 Å². The van der Waals surface area contributed by atoms with Crippen LogP contribution in [-0.4, -0.2) is 18.8 Å². The summed E-state index contributed by atoms with van der Waals surface area (Å²) in [7, 11) is 0. The molecule has 20 heavy (non-hydrogen) atoms. The molecule has 2 nitrogen and oxygen atoms in total. The molecular formula is C18H28O2. The lowest BCUT2D eigenvalue weighted by Gasteiger charge is -2.24. The van der Waals surface area contributed by atoms with Crippen molar-refractivity contribution in [1.82, 2.24) is 0 Å². The molecule has 0 radical (unpaired) electrons. The maximum atomic E-state index is 6.42. The molecule has 3 unspecified atom stereocenters. The summed E-state index contributed by atoms with van der Waals surface area (Å²) >= 11 is 0. The van der Waals surface area contributed by atoms with Crippen LogP contribution in [0.2, 0.25) is 0 Å². The highest BCUT2D eigenvalue weighted by molar-refractivity contribution is 5.20. The predicted molar refractivity (Wildman–Crippen MR) is 82.8 cm³/mol. The van der Waals surface area contributed by atoms with E-state index in [1.54, 1.807) is 0 Å². The van der Waals surface area contributed by atoms with Crippen LogP contribution in [0.4, 0.5) is 0 Å². The van der Waals surface area contributed by atoms with Crippen LogP contribution < -0.4 is 0 Å². The van der Waals surface area contributed by atoms with E-state index >= 15 is 0 Å². The molecule has 1 saturated heterocycles. The lowest BCUT2D eigenvalue weighted by Crippen LogP contribution is -2.20. The van der Waals surface area contributed by atoms with Gasteiger partial charge in [0.15, 0.2) is 0 Å².